The van der Waals surface area contributed by atoms with Gasteiger partial charge in [0.2, 0.25) is 0 Å². The Bertz CT molecular complexity index is 949. The molecule has 0 radical (unpaired) electrons. The van der Waals surface area contributed by atoms with Crippen LogP contribution in [0.5, 0.6) is 11.5 Å². The molecule has 144 valence electrons. The highest BCUT2D eigenvalue weighted by molar-refractivity contribution is 5.97. The molecule has 2 N–H and O–H groups in total. The van der Waals surface area contributed by atoms with Crippen molar-refractivity contribution in [2.24, 2.45) is 5.10 Å². The van der Waals surface area contributed by atoms with Gasteiger partial charge in [0, 0.05) is 17.0 Å². The van der Waals surface area contributed by atoms with Crippen LogP contribution in [-0.2, 0) is 0 Å². The van der Waals surface area contributed by atoms with E-state index in [-0.39, 0.29) is 5.91 Å². The van der Waals surface area contributed by atoms with Gasteiger partial charge in [-0.25, -0.2) is 5.43 Å². The van der Waals surface area contributed by atoms with Gasteiger partial charge < -0.3 is 14.5 Å². The first-order valence-electron chi connectivity index (χ1n) is 9.03. The highest BCUT2D eigenvalue weighted by Gasteiger charge is 2.11. The van der Waals surface area contributed by atoms with Gasteiger partial charge in [0.15, 0.2) is 0 Å². The molecule has 0 spiro atoms. The van der Waals surface area contributed by atoms with Crippen LogP contribution in [0.15, 0.2) is 65.8 Å². The maximum atomic E-state index is 12.5. The van der Waals surface area contributed by atoms with Gasteiger partial charge >= 0.3 is 0 Å². The largest absolute Gasteiger partial charge is 0.490 e. The molecule has 0 bridgehead atoms. The zero-order valence-electron chi connectivity index (χ0n) is 15.9. The fourth-order valence-electron chi connectivity index (χ4n) is 2.71. The number of ether oxygens (including phenoxy) is 2. The zero-order chi connectivity index (χ0) is 19.8. The van der Waals surface area contributed by atoms with E-state index in [1.54, 1.807) is 24.4 Å². The molecule has 0 aliphatic rings. The number of carbonyl (C=O) groups is 1. The summed E-state index contributed by atoms with van der Waals surface area (Å²) in [6.45, 7) is 4.63. The summed E-state index contributed by atoms with van der Waals surface area (Å²) in [6, 6.07) is 18.5. The molecule has 0 aliphatic heterocycles. The second-order valence-electron chi connectivity index (χ2n) is 6.24. The van der Waals surface area contributed by atoms with Crippen LogP contribution in [0.25, 0.3) is 0 Å². The van der Waals surface area contributed by atoms with Gasteiger partial charge in [-0.15, -0.1) is 0 Å². The van der Waals surface area contributed by atoms with Crippen molar-refractivity contribution >= 4 is 12.1 Å². The molecule has 6 nitrogen and oxygen atoms in total. The van der Waals surface area contributed by atoms with Crippen LogP contribution in [-0.4, -0.2) is 30.3 Å². The lowest BCUT2D eigenvalue weighted by Crippen LogP contribution is -2.19. The third kappa shape index (κ3) is 5.23. The Balaban J connectivity index is 1.55. The summed E-state index contributed by atoms with van der Waals surface area (Å²) >= 11 is 0. The van der Waals surface area contributed by atoms with Crippen molar-refractivity contribution in [3.05, 3.63) is 83.2 Å². The van der Waals surface area contributed by atoms with E-state index in [0.29, 0.717) is 24.5 Å². The summed E-state index contributed by atoms with van der Waals surface area (Å²) in [5.74, 6) is 0.933. The molecule has 0 fully saturated rings. The smallest absolute Gasteiger partial charge is 0.275 e. The molecular weight excluding hydrogens is 354 g/mol. The minimum absolute atomic E-state index is 0.324. The number of hydrogen-bond donors (Lipinski definition) is 2. The average Bonchev–Trinajstić information content (AvgIpc) is 3.03. The summed E-state index contributed by atoms with van der Waals surface area (Å²) < 4.78 is 11.3. The first-order valence-corrected chi connectivity index (χ1v) is 9.03. The van der Waals surface area contributed by atoms with Crippen LogP contribution in [0.1, 0.15) is 27.3 Å². The summed E-state index contributed by atoms with van der Waals surface area (Å²) in [5.41, 5.74) is 5.94. The van der Waals surface area contributed by atoms with Crippen molar-refractivity contribution in [2.75, 3.05) is 13.2 Å². The minimum Gasteiger partial charge on any atom is -0.490 e. The molecular formula is C22H23N3O3. The Morgan fingerprint density at radius 2 is 1.75 bits per heavy atom. The quantitative estimate of drug-likeness (QED) is 0.356. The Kier molecular flexibility index (Phi) is 6.46. The Morgan fingerprint density at radius 1 is 1.04 bits per heavy atom. The summed E-state index contributed by atoms with van der Waals surface area (Å²) in [7, 11) is 0. The lowest BCUT2D eigenvalue weighted by Gasteiger charge is -2.11. The first-order chi connectivity index (χ1) is 13.6. The molecule has 0 saturated heterocycles. The number of hydrogen-bond acceptors (Lipinski definition) is 4. The lowest BCUT2D eigenvalue weighted by atomic mass is 10.2. The number of para-hydroxylation sites is 2. The van der Waals surface area contributed by atoms with Gasteiger partial charge in [0.25, 0.3) is 5.91 Å². The standard InChI is InChI=1S/C22H23N3O3/c1-16-14-18(17(2)24-16)15-23-25-22(26)20-10-6-7-11-21(20)28-13-12-27-19-8-4-3-5-9-19/h3-11,14-15,24H,12-13H2,1-2H3,(H,25,26)/b23-15+. The number of nitrogens with zero attached hydrogens (tertiary/aromatic N) is 1. The van der Waals surface area contributed by atoms with E-state index in [9.17, 15) is 4.79 Å². The first kappa shape index (κ1) is 19.2. The number of rotatable bonds is 8. The monoisotopic (exact) mass is 377 g/mol. The molecule has 3 aromatic rings. The summed E-state index contributed by atoms with van der Waals surface area (Å²) in [4.78, 5) is 15.6. The van der Waals surface area contributed by atoms with E-state index in [1.165, 1.54) is 0 Å². The molecule has 1 heterocycles. The highest BCUT2D eigenvalue weighted by atomic mass is 16.5. The Morgan fingerprint density at radius 3 is 2.50 bits per heavy atom. The van der Waals surface area contributed by atoms with E-state index in [0.717, 1.165) is 22.7 Å². The van der Waals surface area contributed by atoms with Crippen LogP contribution < -0.4 is 14.9 Å². The van der Waals surface area contributed by atoms with Crippen molar-refractivity contribution < 1.29 is 14.3 Å². The van der Waals surface area contributed by atoms with Gasteiger partial charge in [-0.3, -0.25) is 4.79 Å². The molecule has 1 aromatic heterocycles. The van der Waals surface area contributed by atoms with Crippen LogP contribution in [0.4, 0.5) is 0 Å². The molecule has 0 aliphatic carbocycles. The van der Waals surface area contributed by atoms with Gasteiger partial charge in [-0.05, 0) is 44.2 Å². The van der Waals surface area contributed by atoms with E-state index >= 15 is 0 Å². The molecule has 3 rings (SSSR count). The molecule has 6 heteroatoms. The second-order valence-corrected chi connectivity index (χ2v) is 6.24. The number of carbonyl (C=O) groups excluding carboxylic acids is 1. The minimum atomic E-state index is -0.333. The predicted octanol–water partition coefficient (Wildman–Crippen LogP) is 3.85. The number of aryl methyl sites for hydroxylation is 2. The second kappa shape index (κ2) is 9.41. The maximum absolute atomic E-state index is 12.5. The van der Waals surface area contributed by atoms with Crippen molar-refractivity contribution in [1.82, 2.24) is 10.4 Å². The van der Waals surface area contributed by atoms with Gasteiger partial charge in [0.1, 0.15) is 24.7 Å². The summed E-state index contributed by atoms with van der Waals surface area (Å²) in [5, 5.41) is 4.04. The molecule has 1 amide bonds. The number of benzene rings is 2. The predicted molar refractivity (Wildman–Crippen MR) is 109 cm³/mol. The van der Waals surface area contributed by atoms with Crippen molar-refractivity contribution in [3.8, 4) is 11.5 Å². The number of hydrazone groups is 1. The van der Waals surface area contributed by atoms with Gasteiger partial charge in [-0.2, -0.15) is 5.10 Å². The van der Waals surface area contributed by atoms with Crippen molar-refractivity contribution in [1.29, 1.82) is 0 Å². The highest BCUT2D eigenvalue weighted by Crippen LogP contribution is 2.18. The number of aromatic nitrogens is 1. The van der Waals surface area contributed by atoms with Crippen molar-refractivity contribution in [3.63, 3.8) is 0 Å². The van der Waals surface area contributed by atoms with E-state index in [2.05, 4.69) is 15.5 Å². The molecule has 28 heavy (non-hydrogen) atoms. The normalized spacial score (nSPS) is 10.8. The van der Waals surface area contributed by atoms with Crippen molar-refractivity contribution in [2.45, 2.75) is 13.8 Å². The number of aromatic amines is 1. The number of H-pyrrole nitrogens is 1. The average molecular weight is 377 g/mol. The van der Waals surface area contributed by atoms with Crippen LogP contribution >= 0.6 is 0 Å². The van der Waals surface area contributed by atoms with E-state index in [1.807, 2.05) is 56.3 Å². The Hall–Kier alpha value is -3.54. The van der Waals surface area contributed by atoms with Crippen LogP contribution in [0.2, 0.25) is 0 Å². The third-order valence-electron chi connectivity index (χ3n) is 4.04. The van der Waals surface area contributed by atoms with Gasteiger partial charge in [-0.1, -0.05) is 30.3 Å². The third-order valence-corrected chi connectivity index (χ3v) is 4.04. The topological polar surface area (TPSA) is 75.7 Å². The molecule has 0 unspecified atom stereocenters. The lowest BCUT2D eigenvalue weighted by molar-refractivity contribution is 0.0950. The fraction of sp³-hybridized carbons (Fsp3) is 0.182. The summed E-state index contributed by atoms with van der Waals surface area (Å²) in [6.07, 6.45) is 1.62. The number of nitrogens with one attached hydrogen (secondary N) is 2. The molecule has 2 aromatic carbocycles. The zero-order valence-corrected chi connectivity index (χ0v) is 15.9. The Labute approximate surface area is 164 Å². The maximum Gasteiger partial charge on any atom is 0.275 e. The van der Waals surface area contributed by atoms with E-state index < -0.39 is 0 Å². The van der Waals surface area contributed by atoms with Gasteiger partial charge in [0.05, 0.1) is 11.8 Å². The van der Waals surface area contributed by atoms with Crippen LogP contribution in [0, 0.1) is 13.8 Å². The molecule has 0 atom stereocenters. The number of amides is 1. The fourth-order valence-corrected chi connectivity index (χ4v) is 2.71. The van der Waals surface area contributed by atoms with Crippen LogP contribution in [0.3, 0.4) is 0 Å². The SMILES string of the molecule is Cc1cc(/C=N/NC(=O)c2ccccc2OCCOc2ccccc2)c(C)[nH]1. The molecule has 0 saturated carbocycles. The van der Waals surface area contributed by atoms with E-state index in [4.69, 9.17) is 9.47 Å².